The topological polar surface area (TPSA) is 24.1 Å². The standard InChI is InChI=1S/C28H54N2Si/c31-26-20-25-29-23-18-13-11-9-7-5-3-1-2-4-6-8-10-12-14-19-24-30-27-28-21-16-15-17-22-28/h15-17,21-22,29-30H,1-14,18-20,23-27H2,31H3. The Balaban J connectivity index is 1.65. The normalized spacial score (nSPS) is 11.4. The number of unbranched alkanes of at least 4 members (excludes halogenated alkanes) is 15. The van der Waals surface area contributed by atoms with Crippen molar-refractivity contribution in [3.8, 4) is 0 Å². The van der Waals surface area contributed by atoms with E-state index in [9.17, 15) is 0 Å². The second-order valence-electron chi connectivity index (χ2n) is 9.42. The molecule has 0 aliphatic rings. The molecule has 0 bridgehead atoms. The third-order valence-electron chi connectivity index (χ3n) is 6.34. The van der Waals surface area contributed by atoms with Crippen molar-refractivity contribution < 1.29 is 0 Å². The lowest BCUT2D eigenvalue weighted by Crippen LogP contribution is -2.16. The van der Waals surface area contributed by atoms with Gasteiger partial charge in [-0.25, -0.2) is 0 Å². The Kier molecular flexibility index (Phi) is 22.0. The minimum Gasteiger partial charge on any atom is -0.317 e. The maximum absolute atomic E-state index is 3.57. The molecule has 180 valence electrons. The third-order valence-corrected chi connectivity index (χ3v) is 7.04. The lowest BCUT2D eigenvalue weighted by molar-refractivity contribution is 0.521. The van der Waals surface area contributed by atoms with Crippen molar-refractivity contribution in [2.24, 2.45) is 0 Å². The number of nitrogens with one attached hydrogen (secondary N) is 2. The second kappa shape index (κ2) is 24.0. The molecule has 1 rings (SSSR count). The molecule has 1 aromatic carbocycles. The van der Waals surface area contributed by atoms with Gasteiger partial charge in [0, 0.05) is 16.8 Å². The number of hydrogen-bond acceptors (Lipinski definition) is 2. The molecule has 0 aromatic heterocycles. The van der Waals surface area contributed by atoms with Gasteiger partial charge < -0.3 is 10.6 Å². The van der Waals surface area contributed by atoms with E-state index in [1.165, 1.54) is 144 Å². The highest BCUT2D eigenvalue weighted by molar-refractivity contribution is 6.08. The Labute approximate surface area is 198 Å². The Morgan fingerprint density at radius 1 is 0.452 bits per heavy atom. The van der Waals surface area contributed by atoms with E-state index >= 15 is 0 Å². The number of benzene rings is 1. The molecule has 0 fully saturated rings. The van der Waals surface area contributed by atoms with E-state index in [0.717, 1.165) is 13.1 Å². The van der Waals surface area contributed by atoms with Crippen LogP contribution in [0.1, 0.15) is 115 Å². The molecule has 0 heterocycles. The summed E-state index contributed by atoms with van der Waals surface area (Å²) in [4.78, 5) is 0. The van der Waals surface area contributed by atoms with Gasteiger partial charge in [-0.1, -0.05) is 126 Å². The minimum absolute atomic E-state index is 1.01. The van der Waals surface area contributed by atoms with Gasteiger partial charge in [-0.2, -0.15) is 0 Å². The highest BCUT2D eigenvalue weighted by atomic mass is 28.1. The Hall–Kier alpha value is -0.643. The molecule has 0 radical (unpaired) electrons. The summed E-state index contributed by atoms with van der Waals surface area (Å²) < 4.78 is 0. The molecule has 0 aliphatic heterocycles. The predicted octanol–water partition coefficient (Wildman–Crippen LogP) is 6.78. The first-order valence-electron chi connectivity index (χ1n) is 13.9. The van der Waals surface area contributed by atoms with Gasteiger partial charge in [0.1, 0.15) is 0 Å². The van der Waals surface area contributed by atoms with Gasteiger partial charge in [-0.05, 0) is 44.5 Å². The zero-order chi connectivity index (χ0) is 22.1. The SMILES string of the molecule is [SiH3]CCCNCCCCCCCCCCCCCCCCCCNCc1ccccc1. The van der Waals surface area contributed by atoms with Crippen LogP contribution in [0.4, 0.5) is 0 Å². The summed E-state index contributed by atoms with van der Waals surface area (Å²) in [6, 6.07) is 12.2. The van der Waals surface area contributed by atoms with Crippen LogP contribution in [0.3, 0.4) is 0 Å². The molecule has 0 saturated carbocycles. The van der Waals surface area contributed by atoms with Crippen LogP contribution in [0.25, 0.3) is 0 Å². The van der Waals surface area contributed by atoms with Gasteiger partial charge >= 0.3 is 0 Å². The van der Waals surface area contributed by atoms with E-state index in [1.54, 1.807) is 0 Å². The van der Waals surface area contributed by atoms with Crippen molar-refractivity contribution in [2.45, 2.75) is 122 Å². The lowest BCUT2D eigenvalue weighted by Gasteiger charge is -2.05. The van der Waals surface area contributed by atoms with Crippen LogP contribution in [0.2, 0.25) is 6.04 Å². The van der Waals surface area contributed by atoms with Crippen molar-refractivity contribution in [3.05, 3.63) is 35.9 Å². The Bertz CT molecular complexity index is 452. The maximum Gasteiger partial charge on any atom is 0.0205 e. The largest absolute Gasteiger partial charge is 0.317 e. The van der Waals surface area contributed by atoms with Crippen LogP contribution in [-0.2, 0) is 6.54 Å². The average Bonchev–Trinajstić information content (AvgIpc) is 2.80. The molecule has 0 aliphatic carbocycles. The van der Waals surface area contributed by atoms with Crippen molar-refractivity contribution in [2.75, 3.05) is 19.6 Å². The van der Waals surface area contributed by atoms with Crippen molar-refractivity contribution >= 4 is 10.2 Å². The predicted molar refractivity (Wildman–Crippen MR) is 144 cm³/mol. The van der Waals surface area contributed by atoms with Crippen LogP contribution < -0.4 is 10.6 Å². The molecular formula is C28H54N2Si. The first-order valence-corrected chi connectivity index (χ1v) is 15.3. The van der Waals surface area contributed by atoms with Crippen LogP contribution in [0.5, 0.6) is 0 Å². The second-order valence-corrected chi connectivity index (χ2v) is 10.4. The molecule has 0 atom stereocenters. The van der Waals surface area contributed by atoms with E-state index in [1.807, 2.05) is 0 Å². The van der Waals surface area contributed by atoms with E-state index in [2.05, 4.69) is 41.0 Å². The Morgan fingerprint density at radius 3 is 1.29 bits per heavy atom. The molecule has 0 saturated heterocycles. The van der Waals surface area contributed by atoms with Crippen LogP contribution in [-0.4, -0.2) is 29.9 Å². The number of hydrogen-bond donors (Lipinski definition) is 2. The minimum atomic E-state index is 1.01. The van der Waals surface area contributed by atoms with Crippen LogP contribution in [0.15, 0.2) is 30.3 Å². The summed E-state index contributed by atoms with van der Waals surface area (Å²) in [5.74, 6) is 0. The summed E-state index contributed by atoms with van der Waals surface area (Å²) in [6.07, 6.45) is 24.4. The summed E-state index contributed by atoms with van der Waals surface area (Å²) in [5, 5.41) is 7.13. The highest BCUT2D eigenvalue weighted by Crippen LogP contribution is 2.13. The van der Waals surface area contributed by atoms with Gasteiger partial charge in [0.2, 0.25) is 0 Å². The summed E-state index contributed by atoms with van der Waals surface area (Å²) in [6.45, 7) is 4.66. The fraction of sp³-hybridized carbons (Fsp3) is 0.786. The van der Waals surface area contributed by atoms with Gasteiger partial charge in [0.05, 0.1) is 0 Å². The summed E-state index contributed by atoms with van der Waals surface area (Å²) in [5.41, 5.74) is 1.39. The first kappa shape index (κ1) is 28.4. The van der Waals surface area contributed by atoms with Crippen molar-refractivity contribution in [1.29, 1.82) is 0 Å². The molecule has 31 heavy (non-hydrogen) atoms. The van der Waals surface area contributed by atoms with Crippen LogP contribution in [0, 0.1) is 0 Å². The molecule has 1 aromatic rings. The summed E-state index contributed by atoms with van der Waals surface area (Å²) in [7, 11) is 1.37. The van der Waals surface area contributed by atoms with E-state index in [4.69, 9.17) is 0 Å². The van der Waals surface area contributed by atoms with Gasteiger partial charge in [0.25, 0.3) is 0 Å². The smallest absolute Gasteiger partial charge is 0.0205 e. The third kappa shape index (κ3) is 21.0. The molecule has 0 spiro atoms. The molecular weight excluding hydrogens is 392 g/mol. The highest BCUT2D eigenvalue weighted by Gasteiger charge is 1.96. The van der Waals surface area contributed by atoms with E-state index in [-0.39, 0.29) is 0 Å². The monoisotopic (exact) mass is 446 g/mol. The zero-order valence-corrected chi connectivity index (χ0v) is 22.9. The summed E-state index contributed by atoms with van der Waals surface area (Å²) >= 11 is 0. The molecule has 2 nitrogen and oxygen atoms in total. The molecule has 2 N–H and O–H groups in total. The lowest BCUT2D eigenvalue weighted by atomic mass is 10.0. The molecule has 0 unspecified atom stereocenters. The van der Waals surface area contributed by atoms with Crippen molar-refractivity contribution in [3.63, 3.8) is 0 Å². The van der Waals surface area contributed by atoms with Crippen LogP contribution >= 0.6 is 0 Å². The van der Waals surface area contributed by atoms with E-state index in [0.29, 0.717) is 0 Å². The first-order chi connectivity index (χ1) is 15.4. The maximum atomic E-state index is 3.57. The van der Waals surface area contributed by atoms with Gasteiger partial charge in [-0.3, -0.25) is 0 Å². The van der Waals surface area contributed by atoms with Gasteiger partial charge in [0.15, 0.2) is 0 Å². The molecule has 0 amide bonds. The zero-order valence-electron chi connectivity index (χ0n) is 20.9. The fourth-order valence-electron chi connectivity index (χ4n) is 4.23. The Morgan fingerprint density at radius 2 is 0.839 bits per heavy atom. The van der Waals surface area contributed by atoms with E-state index < -0.39 is 0 Å². The van der Waals surface area contributed by atoms with Crippen molar-refractivity contribution in [1.82, 2.24) is 10.6 Å². The quantitative estimate of drug-likeness (QED) is 0.135. The fourth-order valence-corrected chi connectivity index (χ4v) is 4.58. The average molecular weight is 447 g/mol. The molecule has 3 heteroatoms. The number of rotatable bonds is 24. The van der Waals surface area contributed by atoms with Gasteiger partial charge in [-0.15, -0.1) is 0 Å².